The lowest BCUT2D eigenvalue weighted by molar-refractivity contribution is 0.434. The van der Waals surface area contributed by atoms with Crippen LogP contribution >= 0.6 is 0 Å². The number of nitrogens with zero attached hydrogens (tertiary/aromatic N) is 4. The van der Waals surface area contributed by atoms with Gasteiger partial charge in [0.15, 0.2) is 0 Å². The molecule has 5 heteroatoms. The van der Waals surface area contributed by atoms with Crippen molar-refractivity contribution in [2.45, 2.75) is 38.4 Å². The molecule has 0 amide bonds. The zero-order valence-electron chi connectivity index (χ0n) is 10.7. The fraction of sp³-hybridized carbons (Fsp3) is 0.538. The number of hydrogen-bond donors (Lipinski definition) is 1. The minimum absolute atomic E-state index is 0.388. The molecule has 1 N–H and O–H groups in total. The average molecular weight is 245 g/mol. The molecule has 0 spiro atoms. The maximum Gasteiger partial charge on any atom is 0.0951 e. The Bertz CT molecular complexity index is 481. The second kappa shape index (κ2) is 4.94. The van der Waals surface area contributed by atoms with Crippen LogP contribution in [-0.4, -0.2) is 25.6 Å². The van der Waals surface area contributed by atoms with E-state index in [2.05, 4.69) is 31.3 Å². The lowest BCUT2D eigenvalue weighted by atomic mass is 10.1. The molecule has 1 saturated heterocycles. The summed E-state index contributed by atoms with van der Waals surface area (Å²) in [6.45, 7) is 4.27. The molecule has 18 heavy (non-hydrogen) atoms. The largest absolute Gasteiger partial charge is 0.335 e. The molecule has 0 saturated carbocycles. The van der Waals surface area contributed by atoms with Crippen LogP contribution in [0.3, 0.4) is 0 Å². The topological polar surface area (TPSA) is 47.7 Å². The molecule has 1 fully saturated rings. The van der Waals surface area contributed by atoms with Crippen molar-refractivity contribution < 1.29 is 0 Å². The highest BCUT2D eigenvalue weighted by atomic mass is 15.1. The van der Waals surface area contributed by atoms with Crippen molar-refractivity contribution in [3.05, 3.63) is 36.9 Å². The Morgan fingerprint density at radius 3 is 3.11 bits per heavy atom. The van der Waals surface area contributed by atoms with E-state index in [1.807, 2.05) is 31.2 Å². The molecule has 0 radical (unpaired) electrons. The summed E-state index contributed by atoms with van der Waals surface area (Å²) in [7, 11) is 0. The molecule has 3 heterocycles. The van der Waals surface area contributed by atoms with Gasteiger partial charge < -0.3 is 14.5 Å². The summed E-state index contributed by atoms with van der Waals surface area (Å²) < 4.78 is 4.39. The van der Waals surface area contributed by atoms with Crippen LogP contribution in [0.25, 0.3) is 0 Å². The Hall–Kier alpha value is -1.62. The minimum atomic E-state index is 0.388. The second-order valence-electron chi connectivity index (χ2n) is 4.98. The van der Waals surface area contributed by atoms with Gasteiger partial charge in [0.2, 0.25) is 0 Å². The fourth-order valence-electron chi connectivity index (χ4n) is 2.68. The summed E-state index contributed by atoms with van der Waals surface area (Å²) in [5, 5.41) is 3.53. The summed E-state index contributed by atoms with van der Waals surface area (Å²) in [5.74, 6) is 0. The van der Waals surface area contributed by atoms with E-state index in [-0.39, 0.29) is 0 Å². The predicted octanol–water partition coefficient (Wildman–Crippen LogP) is 1.77. The van der Waals surface area contributed by atoms with E-state index in [4.69, 9.17) is 0 Å². The van der Waals surface area contributed by atoms with Gasteiger partial charge in [0.25, 0.3) is 0 Å². The molecular weight excluding hydrogens is 226 g/mol. The van der Waals surface area contributed by atoms with E-state index in [0.29, 0.717) is 12.1 Å². The molecular formula is C13H19N5. The maximum absolute atomic E-state index is 4.32. The van der Waals surface area contributed by atoms with Crippen LogP contribution in [0.5, 0.6) is 0 Å². The van der Waals surface area contributed by atoms with Gasteiger partial charge in [-0.1, -0.05) is 0 Å². The highest BCUT2D eigenvalue weighted by Crippen LogP contribution is 2.25. The number of hydrogen-bond acceptors (Lipinski definition) is 3. The molecule has 0 aliphatic carbocycles. The first-order valence-electron chi connectivity index (χ1n) is 6.55. The SMILES string of the molecule is CC(Cn1ccnc1)n1cncc1[C@@H]1CCCN1. The quantitative estimate of drug-likeness (QED) is 0.893. The van der Waals surface area contributed by atoms with Crippen LogP contribution in [0.2, 0.25) is 0 Å². The number of nitrogens with one attached hydrogen (secondary N) is 1. The van der Waals surface area contributed by atoms with Crippen LogP contribution in [0.1, 0.15) is 37.5 Å². The van der Waals surface area contributed by atoms with Crippen molar-refractivity contribution in [2.75, 3.05) is 6.54 Å². The first-order chi connectivity index (χ1) is 8.84. The van der Waals surface area contributed by atoms with Gasteiger partial charge in [-0.15, -0.1) is 0 Å². The van der Waals surface area contributed by atoms with E-state index in [1.54, 1.807) is 0 Å². The van der Waals surface area contributed by atoms with Crippen molar-refractivity contribution in [1.82, 2.24) is 24.4 Å². The van der Waals surface area contributed by atoms with Gasteiger partial charge >= 0.3 is 0 Å². The first-order valence-corrected chi connectivity index (χ1v) is 6.55. The van der Waals surface area contributed by atoms with E-state index in [1.165, 1.54) is 18.5 Å². The van der Waals surface area contributed by atoms with Crippen molar-refractivity contribution in [1.29, 1.82) is 0 Å². The maximum atomic E-state index is 4.32. The van der Waals surface area contributed by atoms with Crippen molar-refractivity contribution in [3.8, 4) is 0 Å². The number of aromatic nitrogens is 4. The summed E-state index contributed by atoms with van der Waals surface area (Å²) >= 11 is 0. The number of rotatable bonds is 4. The Morgan fingerprint density at radius 2 is 2.39 bits per heavy atom. The molecule has 96 valence electrons. The summed E-state index contributed by atoms with van der Waals surface area (Å²) in [5.41, 5.74) is 1.31. The minimum Gasteiger partial charge on any atom is -0.335 e. The summed E-state index contributed by atoms with van der Waals surface area (Å²) in [6, 6.07) is 0.858. The van der Waals surface area contributed by atoms with Crippen LogP contribution in [0.15, 0.2) is 31.2 Å². The summed E-state index contributed by atoms with van der Waals surface area (Å²) in [6.07, 6.45) is 12.1. The van der Waals surface area contributed by atoms with Crippen molar-refractivity contribution in [3.63, 3.8) is 0 Å². The second-order valence-corrected chi connectivity index (χ2v) is 4.98. The molecule has 2 aromatic heterocycles. The zero-order valence-corrected chi connectivity index (χ0v) is 10.7. The van der Waals surface area contributed by atoms with Gasteiger partial charge in [0.05, 0.1) is 18.3 Å². The predicted molar refractivity (Wildman–Crippen MR) is 69.1 cm³/mol. The van der Waals surface area contributed by atoms with Gasteiger partial charge in [-0.05, 0) is 26.3 Å². The normalized spacial score (nSPS) is 21.3. The van der Waals surface area contributed by atoms with Crippen LogP contribution in [-0.2, 0) is 6.54 Å². The third-order valence-corrected chi connectivity index (χ3v) is 3.62. The lowest BCUT2D eigenvalue weighted by Crippen LogP contribution is -2.20. The van der Waals surface area contributed by atoms with E-state index in [9.17, 15) is 0 Å². The number of imidazole rings is 2. The monoisotopic (exact) mass is 245 g/mol. The third kappa shape index (κ3) is 2.18. The molecule has 0 bridgehead atoms. The van der Waals surface area contributed by atoms with Gasteiger partial charge in [-0.2, -0.15) is 0 Å². The standard InChI is InChI=1S/C13H19N5/c1-11(8-17-6-5-14-9-17)18-10-15-7-13(18)12-3-2-4-16-12/h5-7,9-12,16H,2-4,8H2,1H3/t11?,12-/m0/s1. The van der Waals surface area contributed by atoms with Crippen LogP contribution in [0.4, 0.5) is 0 Å². The fourth-order valence-corrected chi connectivity index (χ4v) is 2.68. The van der Waals surface area contributed by atoms with Gasteiger partial charge in [-0.3, -0.25) is 0 Å². The Balaban J connectivity index is 1.77. The Morgan fingerprint density at radius 1 is 1.44 bits per heavy atom. The Labute approximate surface area is 107 Å². The highest BCUT2D eigenvalue weighted by Gasteiger charge is 2.21. The van der Waals surface area contributed by atoms with E-state index in [0.717, 1.165) is 13.1 Å². The smallest absolute Gasteiger partial charge is 0.0951 e. The van der Waals surface area contributed by atoms with Crippen molar-refractivity contribution >= 4 is 0 Å². The van der Waals surface area contributed by atoms with E-state index >= 15 is 0 Å². The first kappa shape index (κ1) is 11.5. The van der Waals surface area contributed by atoms with Crippen molar-refractivity contribution in [2.24, 2.45) is 0 Å². The molecule has 5 nitrogen and oxygen atoms in total. The molecule has 1 aliphatic heterocycles. The van der Waals surface area contributed by atoms with Gasteiger partial charge in [0.1, 0.15) is 0 Å². The molecule has 3 rings (SSSR count). The van der Waals surface area contributed by atoms with Gasteiger partial charge in [-0.25, -0.2) is 9.97 Å². The third-order valence-electron chi connectivity index (χ3n) is 3.62. The molecule has 1 unspecified atom stereocenters. The molecule has 0 aromatic carbocycles. The zero-order chi connectivity index (χ0) is 12.4. The van der Waals surface area contributed by atoms with Crippen LogP contribution in [0, 0.1) is 0 Å². The van der Waals surface area contributed by atoms with E-state index < -0.39 is 0 Å². The lowest BCUT2D eigenvalue weighted by Gasteiger charge is -2.20. The Kier molecular flexibility index (Phi) is 3.15. The molecule has 1 aliphatic rings. The average Bonchev–Trinajstić information content (AvgIpc) is 3.11. The molecule has 2 atom stereocenters. The molecule has 2 aromatic rings. The van der Waals surface area contributed by atoms with Gasteiger partial charge in [0, 0.05) is 37.2 Å². The summed E-state index contributed by atoms with van der Waals surface area (Å²) in [4.78, 5) is 8.40. The van der Waals surface area contributed by atoms with Crippen LogP contribution < -0.4 is 5.32 Å². The highest BCUT2D eigenvalue weighted by molar-refractivity contribution is 5.08.